The van der Waals surface area contributed by atoms with Crippen LogP contribution >= 0.6 is 11.6 Å². The average molecular weight is 444 g/mol. The van der Waals surface area contributed by atoms with Crippen LogP contribution in [-0.4, -0.2) is 60.1 Å². The van der Waals surface area contributed by atoms with Crippen LogP contribution in [0.3, 0.4) is 0 Å². The summed E-state index contributed by atoms with van der Waals surface area (Å²) in [5, 5.41) is 4.05. The van der Waals surface area contributed by atoms with Gasteiger partial charge >= 0.3 is 0 Å². The number of methoxy groups -OCH3 is 1. The molecular weight excluding hydrogens is 414 g/mol. The number of anilines is 2. The number of ether oxygens (including phenoxy) is 1. The van der Waals surface area contributed by atoms with Gasteiger partial charge in [0.15, 0.2) is 0 Å². The largest absolute Gasteiger partial charge is 0.496 e. The molecule has 2 aromatic rings. The first kappa shape index (κ1) is 21.7. The third-order valence-corrected chi connectivity index (χ3v) is 6.30. The van der Waals surface area contributed by atoms with Gasteiger partial charge in [0, 0.05) is 49.0 Å². The van der Waals surface area contributed by atoms with Gasteiger partial charge in [0.2, 0.25) is 5.95 Å². The summed E-state index contributed by atoms with van der Waals surface area (Å²) >= 11 is 6.10. The van der Waals surface area contributed by atoms with Crippen molar-refractivity contribution in [2.24, 2.45) is 0 Å². The molecule has 0 bridgehead atoms. The Morgan fingerprint density at radius 2 is 1.84 bits per heavy atom. The number of rotatable bonds is 5. The van der Waals surface area contributed by atoms with E-state index < -0.39 is 0 Å². The van der Waals surface area contributed by atoms with Gasteiger partial charge in [-0.05, 0) is 38.0 Å². The van der Waals surface area contributed by atoms with Crippen LogP contribution < -0.4 is 15.0 Å². The lowest BCUT2D eigenvalue weighted by Crippen LogP contribution is -2.49. The monoisotopic (exact) mass is 443 g/mol. The number of benzene rings is 1. The molecule has 1 aliphatic heterocycles. The zero-order chi connectivity index (χ0) is 21.8. The average Bonchev–Trinajstić information content (AvgIpc) is 2.79. The SMILES string of the molecule is COc1ccc(Cl)cc1C(=O)N1CCN(c2cc(C)nc(NC3CCCCC3)n2)CC1. The van der Waals surface area contributed by atoms with E-state index >= 15 is 0 Å². The predicted molar refractivity (Wildman–Crippen MR) is 123 cm³/mol. The van der Waals surface area contributed by atoms with E-state index in [1.807, 2.05) is 17.9 Å². The summed E-state index contributed by atoms with van der Waals surface area (Å²) in [4.78, 5) is 26.5. The van der Waals surface area contributed by atoms with E-state index in [-0.39, 0.29) is 5.91 Å². The van der Waals surface area contributed by atoms with Crippen LogP contribution in [0.1, 0.15) is 48.2 Å². The van der Waals surface area contributed by atoms with Crippen LogP contribution in [0.5, 0.6) is 5.75 Å². The van der Waals surface area contributed by atoms with Gasteiger partial charge in [-0.25, -0.2) is 4.98 Å². The Bertz CT molecular complexity index is 924. The van der Waals surface area contributed by atoms with E-state index in [2.05, 4.69) is 15.2 Å². The maximum Gasteiger partial charge on any atom is 0.257 e. The molecule has 1 aromatic carbocycles. The number of carbonyl (C=O) groups is 1. The highest BCUT2D eigenvalue weighted by atomic mass is 35.5. The van der Waals surface area contributed by atoms with Gasteiger partial charge < -0.3 is 19.9 Å². The standard InChI is InChI=1S/C23H30ClN5O2/c1-16-14-21(27-23(25-16)26-18-6-4-3-5-7-18)28-10-12-29(13-11-28)22(30)19-15-17(24)8-9-20(19)31-2/h8-9,14-15,18H,3-7,10-13H2,1-2H3,(H,25,26,27). The van der Waals surface area contributed by atoms with Crippen molar-refractivity contribution in [1.82, 2.24) is 14.9 Å². The maximum absolute atomic E-state index is 13.0. The molecule has 2 heterocycles. The molecule has 4 rings (SSSR count). The Labute approximate surface area is 188 Å². The highest BCUT2D eigenvalue weighted by molar-refractivity contribution is 6.31. The second-order valence-corrected chi connectivity index (χ2v) is 8.73. The maximum atomic E-state index is 13.0. The zero-order valence-corrected chi connectivity index (χ0v) is 19.0. The van der Waals surface area contributed by atoms with Crippen molar-refractivity contribution in [3.63, 3.8) is 0 Å². The van der Waals surface area contributed by atoms with E-state index in [4.69, 9.17) is 21.3 Å². The normalized spacial score (nSPS) is 17.5. The van der Waals surface area contributed by atoms with Gasteiger partial charge in [0.05, 0.1) is 12.7 Å². The van der Waals surface area contributed by atoms with Crippen molar-refractivity contribution in [3.05, 3.63) is 40.5 Å². The number of piperazine rings is 1. The lowest BCUT2D eigenvalue weighted by molar-refractivity contribution is 0.0743. The third kappa shape index (κ3) is 5.21. The fraction of sp³-hybridized carbons (Fsp3) is 0.522. The Hall–Kier alpha value is -2.54. The summed E-state index contributed by atoms with van der Waals surface area (Å²) in [5.74, 6) is 2.11. The molecular formula is C23H30ClN5O2. The van der Waals surface area contributed by atoms with Crippen molar-refractivity contribution in [2.45, 2.75) is 45.1 Å². The minimum Gasteiger partial charge on any atom is -0.496 e. The van der Waals surface area contributed by atoms with Gasteiger partial charge in [0.25, 0.3) is 5.91 Å². The number of carbonyl (C=O) groups excluding carboxylic acids is 1. The quantitative estimate of drug-likeness (QED) is 0.748. The predicted octanol–water partition coefficient (Wildman–Crippen LogP) is 4.15. The smallest absolute Gasteiger partial charge is 0.257 e. The Morgan fingerprint density at radius 3 is 2.55 bits per heavy atom. The Morgan fingerprint density at radius 1 is 1.10 bits per heavy atom. The zero-order valence-electron chi connectivity index (χ0n) is 18.2. The number of hydrogen-bond acceptors (Lipinski definition) is 6. The first-order chi connectivity index (χ1) is 15.0. The van der Waals surface area contributed by atoms with E-state index in [9.17, 15) is 4.79 Å². The molecule has 1 aliphatic carbocycles. The summed E-state index contributed by atoms with van der Waals surface area (Å²) in [6, 6.07) is 7.61. The Kier molecular flexibility index (Phi) is 6.80. The fourth-order valence-electron chi connectivity index (χ4n) is 4.36. The number of amides is 1. The third-order valence-electron chi connectivity index (χ3n) is 6.06. The number of nitrogens with one attached hydrogen (secondary N) is 1. The van der Waals surface area contributed by atoms with Crippen molar-refractivity contribution >= 4 is 29.3 Å². The van der Waals surface area contributed by atoms with Crippen molar-refractivity contribution in [3.8, 4) is 5.75 Å². The number of aryl methyl sites for hydroxylation is 1. The van der Waals surface area contributed by atoms with Gasteiger partial charge in [-0.2, -0.15) is 4.98 Å². The van der Waals surface area contributed by atoms with Crippen LogP contribution in [0.2, 0.25) is 5.02 Å². The molecule has 166 valence electrons. The van der Waals surface area contributed by atoms with Crippen LogP contribution in [0.4, 0.5) is 11.8 Å². The first-order valence-corrected chi connectivity index (χ1v) is 11.4. The van der Waals surface area contributed by atoms with Gasteiger partial charge in [-0.3, -0.25) is 4.79 Å². The molecule has 2 aliphatic rings. The molecule has 2 fully saturated rings. The minimum absolute atomic E-state index is 0.0578. The van der Waals surface area contributed by atoms with Crippen LogP contribution in [0, 0.1) is 6.92 Å². The summed E-state index contributed by atoms with van der Waals surface area (Å²) in [7, 11) is 1.56. The highest BCUT2D eigenvalue weighted by Gasteiger charge is 2.26. The molecule has 8 heteroatoms. The molecule has 1 amide bonds. The van der Waals surface area contributed by atoms with Crippen LogP contribution in [-0.2, 0) is 0 Å². The molecule has 1 N–H and O–H groups in total. The number of hydrogen-bond donors (Lipinski definition) is 1. The number of aromatic nitrogens is 2. The Balaban J connectivity index is 1.41. The van der Waals surface area contributed by atoms with Crippen LogP contribution in [0.25, 0.3) is 0 Å². The highest BCUT2D eigenvalue weighted by Crippen LogP contribution is 2.26. The van der Waals surface area contributed by atoms with Gasteiger partial charge in [-0.15, -0.1) is 0 Å². The topological polar surface area (TPSA) is 70.6 Å². The van der Waals surface area contributed by atoms with Crippen molar-refractivity contribution in [2.75, 3.05) is 43.5 Å². The molecule has 0 radical (unpaired) electrons. The van der Waals surface area contributed by atoms with Crippen molar-refractivity contribution in [1.29, 1.82) is 0 Å². The van der Waals surface area contributed by atoms with E-state index in [0.717, 1.165) is 11.5 Å². The fourth-order valence-corrected chi connectivity index (χ4v) is 4.54. The summed E-state index contributed by atoms with van der Waals surface area (Å²) in [6.45, 7) is 4.66. The van der Waals surface area contributed by atoms with Crippen molar-refractivity contribution < 1.29 is 9.53 Å². The molecule has 7 nitrogen and oxygen atoms in total. The lowest BCUT2D eigenvalue weighted by Gasteiger charge is -2.36. The molecule has 0 unspecified atom stereocenters. The molecule has 1 saturated carbocycles. The van der Waals surface area contributed by atoms with E-state index in [1.54, 1.807) is 25.3 Å². The minimum atomic E-state index is -0.0578. The summed E-state index contributed by atoms with van der Waals surface area (Å²) in [6.07, 6.45) is 6.22. The van der Waals surface area contributed by atoms with Gasteiger partial charge in [-0.1, -0.05) is 30.9 Å². The number of halogens is 1. The molecule has 0 atom stereocenters. The molecule has 1 aromatic heterocycles. The van der Waals surface area contributed by atoms with E-state index in [0.29, 0.717) is 54.5 Å². The first-order valence-electron chi connectivity index (χ1n) is 11.0. The van der Waals surface area contributed by atoms with Gasteiger partial charge in [0.1, 0.15) is 11.6 Å². The second kappa shape index (κ2) is 9.73. The second-order valence-electron chi connectivity index (χ2n) is 8.29. The molecule has 1 saturated heterocycles. The molecule has 0 spiro atoms. The summed E-state index contributed by atoms with van der Waals surface area (Å²) < 4.78 is 5.35. The molecule has 31 heavy (non-hydrogen) atoms. The summed E-state index contributed by atoms with van der Waals surface area (Å²) in [5.41, 5.74) is 1.45. The van der Waals surface area contributed by atoms with E-state index in [1.165, 1.54) is 32.1 Å². The number of nitrogens with zero attached hydrogens (tertiary/aromatic N) is 4. The van der Waals surface area contributed by atoms with Crippen LogP contribution in [0.15, 0.2) is 24.3 Å². The lowest BCUT2D eigenvalue weighted by atomic mass is 9.96.